The zero-order chi connectivity index (χ0) is 6.69. The molecule has 3 heteroatoms. The molecule has 0 bridgehead atoms. The van der Waals surface area contributed by atoms with Crippen molar-refractivity contribution in [3.8, 4) is 0 Å². The summed E-state index contributed by atoms with van der Waals surface area (Å²) in [5, 5.41) is 0. The monoisotopic (exact) mass is 235 g/mol. The van der Waals surface area contributed by atoms with Crippen LogP contribution in [0.3, 0.4) is 0 Å². The molecule has 0 saturated heterocycles. The first-order valence-electron chi connectivity index (χ1n) is 2.57. The highest BCUT2D eigenvalue weighted by atomic mass is 127. The lowest BCUT2D eigenvalue weighted by molar-refractivity contribution is 1.18. The fourth-order valence-corrected chi connectivity index (χ4v) is 1.16. The molecule has 48 valence electrons. The predicted molar refractivity (Wildman–Crippen MR) is 44.8 cm³/mol. The standard InChI is InChI=1S/C6H6INO/c7-4-5-2-1-3-8-6(5)9/h1-3H,4H2,(H,8,9). The molecule has 1 N–H and O–H groups in total. The van der Waals surface area contributed by atoms with E-state index in [9.17, 15) is 4.79 Å². The van der Waals surface area contributed by atoms with E-state index in [1.54, 1.807) is 6.20 Å². The molecule has 0 fully saturated rings. The zero-order valence-electron chi connectivity index (χ0n) is 4.73. The minimum absolute atomic E-state index is 0.0203. The molecule has 0 aliphatic rings. The number of pyridine rings is 1. The summed E-state index contributed by atoms with van der Waals surface area (Å²) in [4.78, 5) is 13.4. The summed E-state index contributed by atoms with van der Waals surface area (Å²) in [7, 11) is 0. The Morgan fingerprint density at radius 3 is 2.89 bits per heavy atom. The molecule has 0 aliphatic carbocycles. The molecule has 1 rings (SSSR count). The van der Waals surface area contributed by atoms with Gasteiger partial charge in [-0.1, -0.05) is 28.7 Å². The second kappa shape index (κ2) is 3.00. The molecule has 1 heterocycles. The van der Waals surface area contributed by atoms with E-state index in [-0.39, 0.29) is 5.56 Å². The first-order valence-corrected chi connectivity index (χ1v) is 4.09. The van der Waals surface area contributed by atoms with Crippen LogP contribution in [0.4, 0.5) is 0 Å². The third kappa shape index (κ3) is 1.54. The van der Waals surface area contributed by atoms with Gasteiger partial charge >= 0.3 is 0 Å². The molecule has 1 aromatic heterocycles. The Hall–Kier alpha value is -0.320. The zero-order valence-corrected chi connectivity index (χ0v) is 6.88. The van der Waals surface area contributed by atoms with Crippen LogP contribution in [0.1, 0.15) is 5.56 Å². The lowest BCUT2D eigenvalue weighted by atomic mass is 10.3. The van der Waals surface area contributed by atoms with E-state index in [4.69, 9.17) is 0 Å². The Balaban J connectivity index is 3.16. The number of hydrogen-bond acceptors (Lipinski definition) is 1. The SMILES string of the molecule is O=c1[nH]cccc1CI. The van der Waals surface area contributed by atoms with Crippen molar-refractivity contribution in [3.63, 3.8) is 0 Å². The van der Waals surface area contributed by atoms with Gasteiger partial charge in [-0.15, -0.1) is 0 Å². The van der Waals surface area contributed by atoms with Gasteiger partial charge in [0, 0.05) is 16.2 Å². The van der Waals surface area contributed by atoms with Gasteiger partial charge in [0.1, 0.15) is 0 Å². The van der Waals surface area contributed by atoms with Crippen LogP contribution in [0.5, 0.6) is 0 Å². The van der Waals surface area contributed by atoms with Gasteiger partial charge in [0.2, 0.25) is 0 Å². The summed E-state index contributed by atoms with van der Waals surface area (Å²) >= 11 is 2.16. The minimum atomic E-state index is 0.0203. The number of aromatic amines is 1. The second-order valence-electron chi connectivity index (χ2n) is 1.66. The third-order valence-corrected chi connectivity index (χ3v) is 1.87. The van der Waals surface area contributed by atoms with Crippen LogP contribution in [-0.4, -0.2) is 4.98 Å². The number of nitrogens with one attached hydrogen (secondary N) is 1. The quantitative estimate of drug-likeness (QED) is 0.577. The van der Waals surface area contributed by atoms with Gasteiger partial charge in [-0.25, -0.2) is 0 Å². The molecule has 0 aliphatic heterocycles. The number of aromatic nitrogens is 1. The first-order chi connectivity index (χ1) is 4.34. The van der Waals surface area contributed by atoms with Crippen molar-refractivity contribution in [2.75, 3.05) is 0 Å². The van der Waals surface area contributed by atoms with E-state index in [2.05, 4.69) is 27.6 Å². The lowest BCUT2D eigenvalue weighted by Crippen LogP contribution is -2.08. The molecule has 0 aromatic carbocycles. The molecule has 0 spiro atoms. The Morgan fingerprint density at radius 2 is 2.44 bits per heavy atom. The Kier molecular flexibility index (Phi) is 2.27. The Morgan fingerprint density at radius 1 is 1.67 bits per heavy atom. The molecule has 0 radical (unpaired) electrons. The predicted octanol–water partition coefficient (Wildman–Crippen LogP) is 1.31. The van der Waals surface area contributed by atoms with Crippen molar-refractivity contribution in [1.29, 1.82) is 0 Å². The number of hydrogen-bond donors (Lipinski definition) is 1. The number of H-pyrrole nitrogens is 1. The fraction of sp³-hybridized carbons (Fsp3) is 0.167. The van der Waals surface area contributed by atoms with Crippen molar-refractivity contribution >= 4 is 22.6 Å². The van der Waals surface area contributed by atoms with Crippen molar-refractivity contribution in [2.45, 2.75) is 4.43 Å². The molecule has 0 unspecified atom stereocenters. The van der Waals surface area contributed by atoms with Gasteiger partial charge in [0.15, 0.2) is 0 Å². The summed E-state index contributed by atoms with van der Waals surface area (Å²) in [6.45, 7) is 0. The first kappa shape index (κ1) is 6.80. The second-order valence-corrected chi connectivity index (χ2v) is 2.42. The largest absolute Gasteiger partial charge is 0.329 e. The number of alkyl halides is 1. The average Bonchev–Trinajstić information content (AvgIpc) is 1.89. The van der Waals surface area contributed by atoms with Gasteiger partial charge in [0.25, 0.3) is 5.56 Å². The van der Waals surface area contributed by atoms with Crippen LogP contribution in [0.25, 0.3) is 0 Å². The summed E-state index contributed by atoms with van der Waals surface area (Å²) in [5.41, 5.74) is 0.852. The normalized spacial score (nSPS) is 9.44. The molecule has 2 nitrogen and oxygen atoms in total. The van der Waals surface area contributed by atoms with Gasteiger partial charge in [-0.3, -0.25) is 4.79 Å². The van der Waals surface area contributed by atoms with E-state index >= 15 is 0 Å². The summed E-state index contributed by atoms with van der Waals surface area (Å²) < 4.78 is 0.772. The molecule has 0 saturated carbocycles. The Bertz CT molecular complexity index is 243. The minimum Gasteiger partial charge on any atom is -0.329 e. The van der Waals surface area contributed by atoms with Crippen LogP contribution in [0.2, 0.25) is 0 Å². The van der Waals surface area contributed by atoms with Gasteiger partial charge in [-0.2, -0.15) is 0 Å². The maximum Gasteiger partial charge on any atom is 0.251 e. The van der Waals surface area contributed by atoms with E-state index in [1.165, 1.54) is 0 Å². The summed E-state index contributed by atoms with van der Waals surface area (Å²) in [6, 6.07) is 3.65. The molecule has 0 atom stereocenters. The van der Waals surface area contributed by atoms with Gasteiger partial charge in [-0.05, 0) is 6.07 Å². The van der Waals surface area contributed by atoms with E-state index in [0.717, 1.165) is 9.99 Å². The summed E-state index contributed by atoms with van der Waals surface area (Å²) in [5.74, 6) is 0. The van der Waals surface area contributed by atoms with E-state index < -0.39 is 0 Å². The Labute approximate surface area is 66.4 Å². The molecular weight excluding hydrogens is 229 g/mol. The highest BCUT2D eigenvalue weighted by Crippen LogP contribution is 1.96. The van der Waals surface area contributed by atoms with Crippen molar-refractivity contribution in [3.05, 3.63) is 34.2 Å². The average molecular weight is 235 g/mol. The van der Waals surface area contributed by atoms with Crippen molar-refractivity contribution in [1.82, 2.24) is 4.98 Å². The van der Waals surface area contributed by atoms with Gasteiger partial charge in [0.05, 0.1) is 0 Å². The fourth-order valence-electron chi connectivity index (χ4n) is 0.562. The highest BCUT2D eigenvalue weighted by molar-refractivity contribution is 14.1. The number of halogens is 1. The van der Waals surface area contributed by atoms with E-state index in [1.807, 2.05) is 12.1 Å². The topological polar surface area (TPSA) is 32.9 Å². The summed E-state index contributed by atoms with van der Waals surface area (Å²) in [6.07, 6.45) is 1.64. The maximum atomic E-state index is 10.8. The smallest absolute Gasteiger partial charge is 0.251 e. The third-order valence-electron chi connectivity index (χ3n) is 1.04. The number of rotatable bonds is 1. The van der Waals surface area contributed by atoms with E-state index in [0.29, 0.717) is 0 Å². The van der Waals surface area contributed by atoms with Crippen LogP contribution < -0.4 is 5.56 Å². The van der Waals surface area contributed by atoms with Crippen LogP contribution in [-0.2, 0) is 4.43 Å². The van der Waals surface area contributed by atoms with Gasteiger partial charge < -0.3 is 4.98 Å². The van der Waals surface area contributed by atoms with Crippen LogP contribution in [0, 0.1) is 0 Å². The van der Waals surface area contributed by atoms with Crippen LogP contribution >= 0.6 is 22.6 Å². The maximum absolute atomic E-state index is 10.8. The van der Waals surface area contributed by atoms with Crippen LogP contribution in [0.15, 0.2) is 23.1 Å². The molecule has 0 amide bonds. The van der Waals surface area contributed by atoms with Crippen molar-refractivity contribution in [2.24, 2.45) is 0 Å². The molecule has 9 heavy (non-hydrogen) atoms. The lowest BCUT2D eigenvalue weighted by Gasteiger charge is -1.88. The van der Waals surface area contributed by atoms with Crippen molar-refractivity contribution < 1.29 is 0 Å². The molecule has 1 aromatic rings. The molecular formula is C6H6INO. The highest BCUT2D eigenvalue weighted by Gasteiger charge is 1.91.